The van der Waals surface area contributed by atoms with Crippen LogP contribution in [0.2, 0.25) is 0 Å². The van der Waals surface area contributed by atoms with Crippen molar-refractivity contribution in [3.05, 3.63) is 77.7 Å². The van der Waals surface area contributed by atoms with Crippen LogP contribution in [-0.4, -0.2) is 68.8 Å². The van der Waals surface area contributed by atoms with E-state index in [0.717, 1.165) is 40.7 Å². The highest BCUT2D eigenvalue weighted by Crippen LogP contribution is 2.33. The van der Waals surface area contributed by atoms with E-state index in [1.54, 1.807) is 0 Å². The first-order chi connectivity index (χ1) is 19.1. The van der Waals surface area contributed by atoms with Crippen LogP contribution in [-0.2, 0) is 11.3 Å². The molecule has 0 atom stereocenters. The highest BCUT2D eigenvalue weighted by Gasteiger charge is 2.26. The van der Waals surface area contributed by atoms with Gasteiger partial charge in [-0.2, -0.15) is 5.10 Å². The standard InChI is InChI=1S/C30H31N7O2/c1-3-31-16-22-17-32-18-24(19(22)2)21-9-10-25-23(15-21)27(36-35-25)29-33-26(20-7-5-4-6-8-20)28(34-29)30(38)37-11-13-39-14-12-37/h4-10,15,17-18,31H,3,11-14,16H2,1-2H3,(H,33,34)(H,35,36). The van der Waals surface area contributed by atoms with Crippen molar-refractivity contribution < 1.29 is 9.53 Å². The van der Waals surface area contributed by atoms with E-state index in [2.05, 4.69) is 51.5 Å². The molecule has 0 unspecified atom stereocenters. The van der Waals surface area contributed by atoms with Crippen molar-refractivity contribution in [2.24, 2.45) is 0 Å². The van der Waals surface area contributed by atoms with Gasteiger partial charge in [-0.15, -0.1) is 0 Å². The van der Waals surface area contributed by atoms with E-state index in [4.69, 9.17) is 9.72 Å². The van der Waals surface area contributed by atoms with Crippen molar-refractivity contribution in [1.82, 2.24) is 35.4 Å². The fourth-order valence-corrected chi connectivity index (χ4v) is 5.03. The molecule has 0 spiro atoms. The largest absolute Gasteiger partial charge is 0.378 e. The number of carbonyl (C=O) groups excluding carboxylic acids is 1. The molecule has 39 heavy (non-hydrogen) atoms. The molecule has 4 heterocycles. The maximum Gasteiger partial charge on any atom is 0.272 e. The van der Waals surface area contributed by atoms with Gasteiger partial charge in [0.2, 0.25) is 0 Å². The number of hydrogen-bond donors (Lipinski definition) is 3. The Morgan fingerprint density at radius 2 is 1.87 bits per heavy atom. The first-order valence-electron chi connectivity index (χ1n) is 13.3. The second kappa shape index (κ2) is 10.8. The molecule has 0 saturated carbocycles. The molecule has 9 nitrogen and oxygen atoms in total. The van der Waals surface area contributed by atoms with Crippen LogP contribution >= 0.6 is 0 Å². The maximum absolute atomic E-state index is 13.6. The average molecular weight is 522 g/mol. The second-order valence-electron chi connectivity index (χ2n) is 9.66. The van der Waals surface area contributed by atoms with Crippen LogP contribution in [0, 0.1) is 6.92 Å². The molecule has 9 heteroatoms. The first kappa shape index (κ1) is 25.0. The highest BCUT2D eigenvalue weighted by atomic mass is 16.5. The van der Waals surface area contributed by atoms with E-state index < -0.39 is 0 Å². The lowest BCUT2D eigenvalue weighted by atomic mass is 9.98. The molecule has 0 bridgehead atoms. The molecule has 1 fully saturated rings. The maximum atomic E-state index is 13.6. The Morgan fingerprint density at radius 1 is 1.05 bits per heavy atom. The summed E-state index contributed by atoms with van der Waals surface area (Å²) in [6.45, 7) is 8.07. The summed E-state index contributed by atoms with van der Waals surface area (Å²) in [7, 11) is 0. The van der Waals surface area contributed by atoms with E-state index >= 15 is 0 Å². The number of fused-ring (bicyclic) bond motifs is 1. The minimum atomic E-state index is -0.0874. The SMILES string of the molecule is CCNCc1cncc(-c2ccc3[nH]nc(-c4nc(-c5ccccc5)c(C(=O)N5CCOCC5)[nH]4)c3c2)c1C. The lowest BCUT2D eigenvalue weighted by Gasteiger charge is -2.26. The van der Waals surface area contributed by atoms with Gasteiger partial charge >= 0.3 is 0 Å². The number of H-pyrrole nitrogens is 2. The zero-order chi connectivity index (χ0) is 26.8. The summed E-state index contributed by atoms with van der Waals surface area (Å²) in [5.74, 6) is 0.459. The van der Waals surface area contributed by atoms with Gasteiger partial charge in [0, 0.05) is 48.5 Å². The Balaban J connectivity index is 1.44. The number of carbonyl (C=O) groups is 1. The lowest BCUT2D eigenvalue weighted by molar-refractivity contribution is 0.0300. The normalized spacial score (nSPS) is 13.7. The third-order valence-electron chi connectivity index (χ3n) is 7.25. The van der Waals surface area contributed by atoms with Crippen molar-refractivity contribution in [3.63, 3.8) is 0 Å². The summed E-state index contributed by atoms with van der Waals surface area (Å²) in [4.78, 5) is 28.1. The van der Waals surface area contributed by atoms with Gasteiger partial charge in [-0.3, -0.25) is 14.9 Å². The molecule has 6 rings (SSSR count). The van der Waals surface area contributed by atoms with Gasteiger partial charge in [-0.25, -0.2) is 4.98 Å². The van der Waals surface area contributed by atoms with Crippen LogP contribution in [0.15, 0.2) is 60.9 Å². The summed E-state index contributed by atoms with van der Waals surface area (Å²) in [5, 5.41) is 12.1. The number of amides is 1. The van der Waals surface area contributed by atoms with Gasteiger partial charge < -0.3 is 19.9 Å². The second-order valence-corrected chi connectivity index (χ2v) is 9.66. The fraction of sp³-hybridized carbons (Fsp3) is 0.267. The third-order valence-corrected chi connectivity index (χ3v) is 7.25. The topological polar surface area (TPSA) is 112 Å². The van der Waals surface area contributed by atoms with Gasteiger partial charge in [-0.1, -0.05) is 43.3 Å². The van der Waals surface area contributed by atoms with Crippen molar-refractivity contribution >= 4 is 16.8 Å². The minimum Gasteiger partial charge on any atom is -0.378 e. The number of nitrogens with zero attached hydrogens (tertiary/aromatic N) is 4. The van der Waals surface area contributed by atoms with Gasteiger partial charge in [-0.05, 0) is 42.3 Å². The minimum absolute atomic E-state index is 0.0874. The lowest BCUT2D eigenvalue weighted by Crippen LogP contribution is -2.41. The number of aromatic nitrogens is 5. The van der Waals surface area contributed by atoms with E-state index in [1.807, 2.05) is 53.7 Å². The smallest absolute Gasteiger partial charge is 0.272 e. The zero-order valence-electron chi connectivity index (χ0n) is 22.1. The Hall–Kier alpha value is -4.34. The molecule has 1 saturated heterocycles. The number of hydrogen-bond acceptors (Lipinski definition) is 6. The molecular formula is C30H31N7O2. The number of aromatic amines is 2. The van der Waals surface area contributed by atoms with Crippen LogP contribution in [0.1, 0.15) is 28.5 Å². The number of nitrogens with one attached hydrogen (secondary N) is 3. The van der Waals surface area contributed by atoms with Gasteiger partial charge in [0.05, 0.1) is 18.7 Å². The first-order valence-corrected chi connectivity index (χ1v) is 13.3. The molecule has 3 N–H and O–H groups in total. The molecule has 1 aliphatic rings. The molecule has 0 aliphatic carbocycles. The number of ether oxygens (including phenoxy) is 1. The van der Waals surface area contributed by atoms with E-state index in [0.29, 0.717) is 49.2 Å². The average Bonchev–Trinajstić information content (AvgIpc) is 3.61. The summed E-state index contributed by atoms with van der Waals surface area (Å²) >= 11 is 0. The van der Waals surface area contributed by atoms with Crippen molar-refractivity contribution in [2.75, 3.05) is 32.8 Å². The van der Waals surface area contributed by atoms with Crippen molar-refractivity contribution in [2.45, 2.75) is 20.4 Å². The molecule has 3 aromatic heterocycles. The Morgan fingerprint density at radius 3 is 2.67 bits per heavy atom. The molecule has 2 aromatic carbocycles. The number of pyridine rings is 1. The summed E-state index contributed by atoms with van der Waals surface area (Å²) in [5.41, 5.74) is 8.00. The molecular weight excluding hydrogens is 490 g/mol. The number of imidazole rings is 1. The summed E-state index contributed by atoms with van der Waals surface area (Å²) in [6.07, 6.45) is 3.83. The quantitative estimate of drug-likeness (QED) is 0.289. The van der Waals surface area contributed by atoms with Gasteiger partial charge in [0.15, 0.2) is 5.82 Å². The van der Waals surface area contributed by atoms with Crippen LogP contribution in [0.3, 0.4) is 0 Å². The van der Waals surface area contributed by atoms with Crippen LogP contribution in [0.4, 0.5) is 0 Å². The van der Waals surface area contributed by atoms with Gasteiger partial charge in [0.1, 0.15) is 17.1 Å². The summed E-state index contributed by atoms with van der Waals surface area (Å²) in [6, 6.07) is 16.0. The highest BCUT2D eigenvalue weighted by molar-refractivity contribution is 6.01. The molecule has 1 amide bonds. The van der Waals surface area contributed by atoms with Crippen molar-refractivity contribution in [3.8, 4) is 33.9 Å². The van der Waals surface area contributed by atoms with Crippen LogP contribution in [0.5, 0.6) is 0 Å². The van der Waals surface area contributed by atoms with E-state index in [-0.39, 0.29) is 5.91 Å². The van der Waals surface area contributed by atoms with E-state index in [9.17, 15) is 4.79 Å². The Kier molecular flexibility index (Phi) is 6.91. The zero-order valence-corrected chi connectivity index (χ0v) is 22.1. The number of morpholine rings is 1. The fourth-order valence-electron chi connectivity index (χ4n) is 5.03. The molecule has 1 aliphatic heterocycles. The molecule has 198 valence electrons. The van der Waals surface area contributed by atoms with Crippen LogP contribution in [0.25, 0.3) is 44.8 Å². The monoisotopic (exact) mass is 521 g/mol. The Labute approximate surface area is 226 Å². The molecule has 5 aromatic rings. The predicted molar refractivity (Wildman–Crippen MR) is 151 cm³/mol. The number of rotatable bonds is 7. The third kappa shape index (κ3) is 4.82. The van der Waals surface area contributed by atoms with E-state index in [1.165, 1.54) is 11.1 Å². The molecule has 0 radical (unpaired) electrons. The van der Waals surface area contributed by atoms with Crippen molar-refractivity contribution in [1.29, 1.82) is 0 Å². The summed E-state index contributed by atoms with van der Waals surface area (Å²) < 4.78 is 5.45. The van der Waals surface area contributed by atoms with Crippen LogP contribution < -0.4 is 5.32 Å². The Bertz CT molecular complexity index is 1620. The number of benzene rings is 2. The van der Waals surface area contributed by atoms with Gasteiger partial charge in [0.25, 0.3) is 5.91 Å². The predicted octanol–water partition coefficient (Wildman–Crippen LogP) is 4.57.